The molecule has 3 heteroatoms. The number of carbonyl (C=O) groups is 1. The van der Waals surface area contributed by atoms with Crippen molar-refractivity contribution in [3.05, 3.63) is 35.4 Å². The molecule has 0 aliphatic carbocycles. The number of benzene rings is 1. The maximum Gasteiger partial charge on any atom is 0.234 e. The van der Waals surface area contributed by atoms with Crippen molar-refractivity contribution in [2.75, 3.05) is 6.54 Å². The molecule has 2 N–H and O–H groups in total. The zero-order valence-corrected chi connectivity index (χ0v) is 11.8. The Balaban J connectivity index is 2.44. The summed E-state index contributed by atoms with van der Waals surface area (Å²) in [5.41, 5.74) is 2.36. The Morgan fingerprint density at radius 1 is 1.33 bits per heavy atom. The maximum absolute atomic E-state index is 11.8. The second-order valence-electron chi connectivity index (χ2n) is 4.89. The van der Waals surface area contributed by atoms with Crippen LogP contribution in [0.3, 0.4) is 0 Å². The molecule has 1 rings (SSSR count). The minimum atomic E-state index is 0.0457. The molecule has 100 valence electrons. The first-order valence-corrected chi connectivity index (χ1v) is 6.62. The van der Waals surface area contributed by atoms with Gasteiger partial charge in [-0.05, 0) is 32.8 Å². The van der Waals surface area contributed by atoms with E-state index in [4.69, 9.17) is 0 Å². The van der Waals surface area contributed by atoms with Gasteiger partial charge < -0.3 is 10.6 Å². The zero-order valence-electron chi connectivity index (χ0n) is 11.8. The van der Waals surface area contributed by atoms with E-state index in [9.17, 15) is 4.79 Å². The summed E-state index contributed by atoms with van der Waals surface area (Å²) in [4.78, 5) is 11.8. The summed E-state index contributed by atoms with van der Waals surface area (Å²) < 4.78 is 0. The summed E-state index contributed by atoms with van der Waals surface area (Å²) in [6, 6.07) is 8.65. The standard InChI is InChI=1S/C15H24N2O/c1-5-12(3)16-10-15(18)17-13(4)14-8-6-7-11(2)9-14/h6-9,12-13,16H,5,10H2,1-4H3,(H,17,18)/t12?,13-/m1/s1. The van der Waals surface area contributed by atoms with E-state index in [1.54, 1.807) is 0 Å². The second-order valence-corrected chi connectivity index (χ2v) is 4.89. The van der Waals surface area contributed by atoms with E-state index in [0.29, 0.717) is 12.6 Å². The first-order chi connectivity index (χ1) is 8.52. The van der Waals surface area contributed by atoms with Gasteiger partial charge in [-0.25, -0.2) is 0 Å². The molecule has 0 fully saturated rings. The predicted molar refractivity (Wildman–Crippen MR) is 75.5 cm³/mol. The quantitative estimate of drug-likeness (QED) is 0.812. The van der Waals surface area contributed by atoms with E-state index < -0.39 is 0 Å². The SMILES string of the molecule is CCC(C)NCC(=O)N[C@H](C)c1cccc(C)c1. The van der Waals surface area contributed by atoms with Crippen LogP contribution < -0.4 is 10.6 Å². The van der Waals surface area contributed by atoms with Crippen molar-refractivity contribution in [2.45, 2.75) is 46.2 Å². The van der Waals surface area contributed by atoms with Crippen LogP contribution in [-0.4, -0.2) is 18.5 Å². The molecule has 0 heterocycles. The van der Waals surface area contributed by atoms with Crippen molar-refractivity contribution in [2.24, 2.45) is 0 Å². The van der Waals surface area contributed by atoms with Crippen molar-refractivity contribution >= 4 is 5.91 Å². The van der Waals surface area contributed by atoms with Gasteiger partial charge in [-0.1, -0.05) is 36.8 Å². The van der Waals surface area contributed by atoms with E-state index in [1.807, 2.05) is 19.1 Å². The van der Waals surface area contributed by atoms with E-state index in [1.165, 1.54) is 5.56 Å². The van der Waals surface area contributed by atoms with Crippen molar-refractivity contribution in [1.29, 1.82) is 0 Å². The van der Waals surface area contributed by atoms with E-state index in [0.717, 1.165) is 12.0 Å². The molecule has 0 spiro atoms. The molecule has 1 amide bonds. The maximum atomic E-state index is 11.8. The van der Waals surface area contributed by atoms with Gasteiger partial charge in [0.1, 0.15) is 0 Å². The minimum Gasteiger partial charge on any atom is -0.348 e. The third-order valence-corrected chi connectivity index (χ3v) is 3.14. The Morgan fingerprint density at radius 2 is 2.06 bits per heavy atom. The molecular weight excluding hydrogens is 224 g/mol. The fourth-order valence-electron chi connectivity index (χ4n) is 1.73. The third-order valence-electron chi connectivity index (χ3n) is 3.14. The Hall–Kier alpha value is -1.35. The molecule has 0 saturated carbocycles. The Bertz CT molecular complexity index is 390. The minimum absolute atomic E-state index is 0.0457. The second kappa shape index (κ2) is 7.17. The first kappa shape index (κ1) is 14.7. The summed E-state index contributed by atoms with van der Waals surface area (Å²) in [6.07, 6.45) is 1.03. The van der Waals surface area contributed by atoms with Crippen molar-refractivity contribution in [3.63, 3.8) is 0 Å². The van der Waals surface area contributed by atoms with Crippen LogP contribution >= 0.6 is 0 Å². The predicted octanol–water partition coefficient (Wildman–Crippen LogP) is 2.56. The van der Waals surface area contributed by atoms with Crippen LogP contribution in [0.4, 0.5) is 0 Å². The molecule has 0 radical (unpaired) electrons. The Morgan fingerprint density at radius 3 is 2.67 bits per heavy atom. The van der Waals surface area contributed by atoms with Gasteiger partial charge in [-0.3, -0.25) is 4.79 Å². The number of aryl methyl sites for hydroxylation is 1. The fourth-order valence-corrected chi connectivity index (χ4v) is 1.73. The highest BCUT2D eigenvalue weighted by Crippen LogP contribution is 2.13. The summed E-state index contributed by atoms with van der Waals surface area (Å²) in [5.74, 6) is 0.0457. The molecule has 0 saturated heterocycles. The molecule has 0 bridgehead atoms. The van der Waals surface area contributed by atoms with Gasteiger partial charge in [0.2, 0.25) is 5.91 Å². The smallest absolute Gasteiger partial charge is 0.234 e. The largest absolute Gasteiger partial charge is 0.348 e. The topological polar surface area (TPSA) is 41.1 Å². The van der Waals surface area contributed by atoms with Crippen molar-refractivity contribution in [3.8, 4) is 0 Å². The average molecular weight is 248 g/mol. The van der Waals surface area contributed by atoms with Crippen LogP contribution in [0.1, 0.15) is 44.4 Å². The highest BCUT2D eigenvalue weighted by atomic mass is 16.1. The molecule has 0 aliphatic heterocycles. The van der Waals surface area contributed by atoms with Gasteiger partial charge in [0.25, 0.3) is 0 Å². The zero-order chi connectivity index (χ0) is 13.5. The first-order valence-electron chi connectivity index (χ1n) is 6.62. The lowest BCUT2D eigenvalue weighted by molar-refractivity contribution is -0.121. The van der Waals surface area contributed by atoms with Crippen molar-refractivity contribution in [1.82, 2.24) is 10.6 Å². The molecule has 18 heavy (non-hydrogen) atoms. The normalized spacial score (nSPS) is 14.0. The number of amides is 1. The Kier molecular flexibility index (Phi) is 5.86. The number of hydrogen-bond donors (Lipinski definition) is 2. The molecule has 1 unspecified atom stereocenters. The monoisotopic (exact) mass is 248 g/mol. The average Bonchev–Trinajstić information content (AvgIpc) is 2.35. The molecule has 1 aromatic rings. The molecular formula is C15H24N2O. The van der Waals surface area contributed by atoms with Gasteiger partial charge in [-0.2, -0.15) is 0 Å². The number of hydrogen-bond acceptors (Lipinski definition) is 2. The van der Waals surface area contributed by atoms with E-state index >= 15 is 0 Å². The van der Waals surface area contributed by atoms with Crippen LogP contribution in [0, 0.1) is 6.92 Å². The van der Waals surface area contributed by atoms with Crippen LogP contribution in [0.25, 0.3) is 0 Å². The Labute approximate surface area is 110 Å². The molecule has 3 nitrogen and oxygen atoms in total. The molecule has 2 atom stereocenters. The summed E-state index contributed by atoms with van der Waals surface area (Å²) in [5, 5.41) is 6.19. The lowest BCUT2D eigenvalue weighted by Gasteiger charge is -2.16. The van der Waals surface area contributed by atoms with Crippen molar-refractivity contribution < 1.29 is 4.79 Å². The lowest BCUT2D eigenvalue weighted by Crippen LogP contribution is -2.38. The van der Waals surface area contributed by atoms with Crippen LogP contribution in [0.2, 0.25) is 0 Å². The van der Waals surface area contributed by atoms with Gasteiger partial charge in [0.15, 0.2) is 0 Å². The fraction of sp³-hybridized carbons (Fsp3) is 0.533. The summed E-state index contributed by atoms with van der Waals surface area (Å²) in [6.45, 7) is 8.63. The highest BCUT2D eigenvalue weighted by Gasteiger charge is 2.10. The number of rotatable bonds is 6. The van der Waals surface area contributed by atoms with Gasteiger partial charge in [0.05, 0.1) is 12.6 Å². The summed E-state index contributed by atoms with van der Waals surface area (Å²) in [7, 11) is 0. The molecule has 0 aliphatic rings. The van der Waals surface area contributed by atoms with Crippen LogP contribution in [0.5, 0.6) is 0 Å². The lowest BCUT2D eigenvalue weighted by atomic mass is 10.1. The van der Waals surface area contributed by atoms with Crippen LogP contribution in [-0.2, 0) is 4.79 Å². The van der Waals surface area contributed by atoms with Gasteiger partial charge in [-0.15, -0.1) is 0 Å². The van der Waals surface area contributed by atoms with E-state index in [-0.39, 0.29) is 11.9 Å². The highest BCUT2D eigenvalue weighted by molar-refractivity contribution is 5.78. The van der Waals surface area contributed by atoms with E-state index in [2.05, 4.69) is 43.5 Å². The number of carbonyl (C=O) groups excluding carboxylic acids is 1. The van der Waals surface area contributed by atoms with Crippen LogP contribution in [0.15, 0.2) is 24.3 Å². The molecule has 0 aromatic heterocycles. The molecule has 1 aromatic carbocycles. The summed E-state index contributed by atoms with van der Waals surface area (Å²) >= 11 is 0. The van der Waals surface area contributed by atoms with Gasteiger partial charge >= 0.3 is 0 Å². The third kappa shape index (κ3) is 4.88. The van der Waals surface area contributed by atoms with Gasteiger partial charge in [0, 0.05) is 6.04 Å². The number of nitrogens with one attached hydrogen (secondary N) is 2.